The summed E-state index contributed by atoms with van der Waals surface area (Å²) < 4.78 is 20.2. The van der Waals surface area contributed by atoms with Crippen molar-refractivity contribution >= 4 is 16.9 Å². The molecule has 3 fully saturated rings. The van der Waals surface area contributed by atoms with E-state index in [1.54, 1.807) is 11.4 Å². The van der Waals surface area contributed by atoms with Crippen LogP contribution in [0.5, 0.6) is 5.75 Å². The molecule has 4 rings (SSSR count). The molecule has 1 amide bonds. The van der Waals surface area contributed by atoms with E-state index in [1.807, 2.05) is 33.0 Å². The number of methoxy groups -OCH3 is 1. The van der Waals surface area contributed by atoms with Crippen LogP contribution in [0, 0.1) is 25.7 Å². The predicted octanol–water partition coefficient (Wildman–Crippen LogP) is 3.75. The predicted molar refractivity (Wildman–Crippen MR) is 150 cm³/mol. The lowest BCUT2D eigenvalue weighted by Crippen LogP contribution is -2.47. The highest BCUT2D eigenvalue weighted by atomic mass is 32.2. The Balaban J connectivity index is 1.15. The number of rotatable bonds is 9. The monoisotopic (exact) mass is 532 g/mol. The molecule has 2 aliphatic heterocycles. The fourth-order valence-electron chi connectivity index (χ4n) is 6.80. The third-order valence-electron chi connectivity index (χ3n) is 9.03. The maximum absolute atomic E-state index is 13.1. The fourth-order valence-corrected chi connectivity index (χ4v) is 8.03. The summed E-state index contributed by atoms with van der Waals surface area (Å²) >= 11 is 0. The van der Waals surface area contributed by atoms with Crippen molar-refractivity contribution in [2.75, 3.05) is 53.9 Å². The minimum atomic E-state index is -1.31. The van der Waals surface area contributed by atoms with Gasteiger partial charge in [-0.1, -0.05) is 0 Å². The summed E-state index contributed by atoms with van der Waals surface area (Å²) in [6.07, 6.45) is 8.97. The van der Waals surface area contributed by atoms with E-state index in [0.717, 1.165) is 46.4 Å². The number of nitrogens with one attached hydrogen (secondary N) is 1. The maximum Gasteiger partial charge on any atom is 0.221 e. The van der Waals surface area contributed by atoms with E-state index in [0.29, 0.717) is 19.0 Å². The molecule has 1 aromatic carbocycles. The van der Waals surface area contributed by atoms with Crippen molar-refractivity contribution in [2.45, 2.75) is 82.2 Å². The van der Waals surface area contributed by atoms with Gasteiger partial charge in [0.25, 0.3) is 0 Å². The first-order valence-corrected chi connectivity index (χ1v) is 15.4. The van der Waals surface area contributed by atoms with Crippen LogP contribution in [0.1, 0.15) is 62.5 Å². The van der Waals surface area contributed by atoms with Crippen LogP contribution in [0.4, 0.5) is 0 Å². The van der Waals surface area contributed by atoms with Crippen LogP contribution in [-0.2, 0) is 15.8 Å². The lowest BCUT2D eigenvalue weighted by molar-refractivity contribution is -0.122. The molecule has 2 unspecified atom stereocenters. The zero-order valence-electron chi connectivity index (χ0n) is 23.6. The summed E-state index contributed by atoms with van der Waals surface area (Å²) in [7, 11) is 4.42. The standard InChI is InChI=1S/C29H48N4O3S/c1-21-18-27(36-5)19-22(2)29(21)37(35)32(4)15-13-28(34)30-25-6-8-26(9-7-25)33-16-11-23(12-17-33)24-10-14-31(3)20-24/h18-19,23-26H,6-17,20H2,1-5H3,(H,30,34). The molecule has 1 aliphatic carbocycles. The maximum atomic E-state index is 13.1. The quantitative estimate of drug-likeness (QED) is 0.525. The Bertz CT molecular complexity index is 918. The van der Waals surface area contributed by atoms with Crippen LogP contribution in [0.3, 0.4) is 0 Å². The molecule has 1 N–H and O–H groups in total. The average molecular weight is 533 g/mol. The number of carbonyl (C=O) groups excluding carboxylic acids is 1. The Morgan fingerprint density at radius 3 is 2.22 bits per heavy atom. The molecule has 3 aliphatic rings. The topological polar surface area (TPSA) is 65.1 Å². The highest BCUT2D eigenvalue weighted by Gasteiger charge is 2.34. The summed E-state index contributed by atoms with van der Waals surface area (Å²) in [5.41, 5.74) is 1.89. The number of benzene rings is 1. The van der Waals surface area contributed by atoms with Gasteiger partial charge in [0.15, 0.2) is 0 Å². The number of hydrogen-bond donors (Lipinski definition) is 1. The third kappa shape index (κ3) is 7.34. The molecule has 208 valence electrons. The Morgan fingerprint density at radius 1 is 1.03 bits per heavy atom. The first-order valence-electron chi connectivity index (χ1n) is 14.2. The molecule has 2 heterocycles. The lowest BCUT2D eigenvalue weighted by atomic mass is 9.82. The second-order valence-corrected chi connectivity index (χ2v) is 13.2. The van der Waals surface area contributed by atoms with Gasteiger partial charge in [0, 0.05) is 38.6 Å². The van der Waals surface area contributed by atoms with E-state index in [9.17, 15) is 9.00 Å². The van der Waals surface area contributed by atoms with Crippen molar-refractivity contribution in [1.82, 2.24) is 19.4 Å². The number of carbonyl (C=O) groups is 1. The van der Waals surface area contributed by atoms with Gasteiger partial charge in [-0.3, -0.25) is 4.79 Å². The van der Waals surface area contributed by atoms with Gasteiger partial charge >= 0.3 is 0 Å². The SMILES string of the molecule is COc1cc(C)c(S(=O)N(C)CCC(=O)NC2CCC(N3CCC(C4CCN(C)C4)CC3)CC2)c(C)c1. The van der Waals surface area contributed by atoms with Gasteiger partial charge in [0.1, 0.15) is 16.7 Å². The number of ether oxygens (including phenoxy) is 1. The van der Waals surface area contributed by atoms with Crippen LogP contribution < -0.4 is 10.1 Å². The Morgan fingerprint density at radius 2 is 1.65 bits per heavy atom. The molecule has 8 heteroatoms. The van der Waals surface area contributed by atoms with Crippen molar-refractivity contribution in [2.24, 2.45) is 11.8 Å². The second kappa shape index (κ2) is 13.0. The average Bonchev–Trinajstić information content (AvgIpc) is 3.33. The molecule has 37 heavy (non-hydrogen) atoms. The van der Waals surface area contributed by atoms with Crippen LogP contribution in [0.15, 0.2) is 17.0 Å². The Labute approximate surface area is 226 Å². The van der Waals surface area contributed by atoms with Crippen molar-refractivity contribution in [3.05, 3.63) is 23.3 Å². The Kier molecular flexibility index (Phi) is 10.1. The molecule has 0 spiro atoms. The second-order valence-electron chi connectivity index (χ2n) is 11.7. The van der Waals surface area contributed by atoms with E-state index in [-0.39, 0.29) is 11.9 Å². The van der Waals surface area contributed by atoms with Crippen LogP contribution >= 0.6 is 0 Å². The van der Waals surface area contributed by atoms with Gasteiger partial charge < -0.3 is 19.9 Å². The number of hydrogen-bond acceptors (Lipinski definition) is 5. The fraction of sp³-hybridized carbons (Fsp3) is 0.759. The van der Waals surface area contributed by atoms with Crippen molar-refractivity contribution in [1.29, 1.82) is 0 Å². The summed E-state index contributed by atoms with van der Waals surface area (Å²) in [6, 6.07) is 4.78. The molecule has 2 atom stereocenters. The first-order chi connectivity index (χ1) is 17.7. The molecular weight excluding hydrogens is 484 g/mol. The van der Waals surface area contributed by atoms with E-state index in [2.05, 4.69) is 22.2 Å². The summed E-state index contributed by atoms with van der Waals surface area (Å²) in [4.78, 5) is 18.7. The van der Waals surface area contributed by atoms with Gasteiger partial charge in [-0.2, -0.15) is 0 Å². The Hall–Kier alpha value is -1.48. The van der Waals surface area contributed by atoms with Crippen LogP contribution in [0.25, 0.3) is 0 Å². The van der Waals surface area contributed by atoms with Crippen molar-refractivity contribution < 1.29 is 13.7 Å². The molecular formula is C29H48N4O3S. The zero-order chi connectivity index (χ0) is 26.5. The van der Waals surface area contributed by atoms with E-state index in [4.69, 9.17) is 4.74 Å². The first kappa shape index (κ1) is 28.5. The molecule has 0 aromatic heterocycles. The van der Waals surface area contributed by atoms with E-state index in [1.165, 1.54) is 58.3 Å². The van der Waals surface area contributed by atoms with E-state index >= 15 is 0 Å². The van der Waals surface area contributed by atoms with Crippen LogP contribution in [-0.4, -0.2) is 90.2 Å². The molecule has 1 aromatic rings. The number of aryl methyl sites for hydroxylation is 2. The molecule has 2 saturated heterocycles. The third-order valence-corrected chi connectivity index (χ3v) is 10.8. The molecule has 0 bridgehead atoms. The largest absolute Gasteiger partial charge is 0.497 e. The van der Waals surface area contributed by atoms with Gasteiger partial charge in [-0.25, -0.2) is 8.51 Å². The minimum absolute atomic E-state index is 0.0674. The van der Waals surface area contributed by atoms with Crippen LogP contribution in [0.2, 0.25) is 0 Å². The smallest absolute Gasteiger partial charge is 0.221 e. The molecule has 7 nitrogen and oxygen atoms in total. The van der Waals surface area contributed by atoms with Crippen molar-refractivity contribution in [3.63, 3.8) is 0 Å². The zero-order valence-corrected chi connectivity index (χ0v) is 24.4. The van der Waals surface area contributed by atoms with Gasteiger partial charge in [0.2, 0.25) is 5.91 Å². The number of piperidine rings is 1. The number of nitrogens with zero attached hydrogens (tertiary/aromatic N) is 3. The molecule has 1 saturated carbocycles. The summed E-state index contributed by atoms with van der Waals surface area (Å²) in [5.74, 6) is 2.67. The van der Waals surface area contributed by atoms with Gasteiger partial charge in [0.05, 0.1) is 12.0 Å². The number of likely N-dealkylation sites (tertiary alicyclic amines) is 2. The van der Waals surface area contributed by atoms with Gasteiger partial charge in [-0.05, 0) is 121 Å². The normalized spacial score (nSPS) is 26.9. The summed E-state index contributed by atoms with van der Waals surface area (Å²) in [6.45, 7) is 9.45. The molecule has 0 radical (unpaired) electrons. The lowest BCUT2D eigenvalue weighted by Gasteiger charge is -2.42. The van der Waals surface area contributed by atoms with E-state index < -0.39 is 11.0 Å². The summed E-state index contributed by atoms with van der Waals surface area (Å²) in [5, 5.41) is 3.26. The van der Waals surface area contributed by atoms with Crippen molar-refractivity contribution in [3.8, 4) is 5.75 Å². The highest BCUT2D eigenvalue weighted by Crippen LogP contribution is 2.34. The van der Waals surface area contributed by atoms with Gasteiger partial charge in [-0.15, -0.1) is 0 Å². The highest BCUT2D eigenvalue weighted by molar-refractivity contribution is 7.82. The number of amides is 1. The minimum Gasteiger partial charge on any atom is -0.497 e.